The van der Waals surface area contributed by atoms with Gasteiger partial charge in [-0.25, -0.2) is 0 Å². The second-order valence-electron chi connectivity index (χ2n) is 5.59. The summed E-state index contributed by atoms with van der Waals surface area (Å²) in [5.41, 5.74) is 7.23. The maximum Gasteiger partial charge on any atom is 0.0468 e. The zero-order chi connectivity index (χ0) is 13.8. The molecular weight excluding hydrogens is 279 g/mol. The highest BCUT2D eigenvalue weighted by molar-refractivity contribution is 6.35. The van der Waals surface area contributed by atoms with Gasteiger partial charge in [-0.1, -0.05) is 36.2 Å². The number of rotatable bonds is 4. The Kier molecular flexibility index (Phi) is 5.52. The van der Waals surface area contributed by atoms with Crippen LogP contribution >= 0.6 is 23.2 Å². The molecule has 2 rings (SSSR count). The molecule has 0 bridgehead atoms. The molecule has 2 N–H and O–H groups in total. The van der Waals surface area contributed by atoms with Crippen LogP contribution in [0.2, 0.25) is 10.0 Å². The van der Waals surface area contributed by atoms with Crippen LogP contribution in [0.3, 0.4) is 0 Å². The average Bonchev–Trinajstić information content (AvgIpc) is 2.37. The van der Waals surface area contributed by atoms with Crippen molar-refractivity contribution in [1.82, 2.24) is 4.90 Å². The summed E-state index contributed by atoms with van der Waals surface area (Å²) in [6.07, 6.45) is 3.55. The van der Waals surface area contributed by atoms with Gasteiger partial charge in [0, 0.05) is 16.1 Å². The Morgan fingerprint density at radius 3 is 2.63 bits per heavy atom. The van der Waals surface area contributed by atoms with Gasteiger partial charge in [-0.2, -0.15) is 0 Å². The largest absolute Gasteiger partial charge is 0.324 e. The summed E-state index contributed by atoms with van der Waals surface area (Å²) in [5, 5.41) is 1.33. The van der Waals surface area contributed by atoms with Crippen LogP contribution in [-0.2, 0) is 0 Å². The van der Waals surface area contributed by atoms with Crippen LogP contribution in [0.4, 0.5) is 0 Å². The average molecular weight is 301 g/mol. The molecule has 0 aromatic heterocycles. The van der Waals surface area contributed by atoms with Gasteiger partial charge in [0.05, 0.1) is 0 Å². The molecular formula is C15H22Cl2N2. The molecule has 19 heavy (non-hydrogen) atoms. The third-order valence-electron chi connectivity index (χ3n) is 3.99. The van der Waals surface area contributed by atoms with Crippen LogP contribution in [0.25, 0.3) is 0 Å². The van der Waals surface area contributed by atoms with E-state index in [1.54, 1.807) is 6.07 Å². The van der Waals surface area contributed by atoms with Crippen LogP contribution in [0, 0.1) is 5.92 Å². The number of likely N-dealkylation sites (tertiary alicyclic amines) is 1. The smallest absolute Gasteiger partial charge is 0.0468 e. The molecule has 0 amide bonds. The first-order valence-electron chi connectivity index (χ1n) is 6.99. The molecule has 1 fully saturated rings. The van der Waals surface area contributed by atoms with Crippen molar-refractivity contribution in [2.24, 2.45) is 11.7 Å². The molecule has 1 aromatic carbocycles. The topological polar surface area (TPSA) is 29.3 Å². The third kappa shape index (κ3) is 4.35. The molecule has 0 saturated carbocycles. The highest BCUT2D eigenvalue weighted by Crippen LogP contribution is 2.27. The van der Waals surface area contributed by atoms with E-state index in [0.29, 0.717) is 10.0 Å². The maximum absolute atomic E-state index is 6.24. The lowest BCUT2D eigenvalue weighted by molar-refractivity contribution is 0.187. The van der Waals surface area contributed by atoms with Gasteiger partial charge in [-0.15, -0.1) is 0 Å². The van der Waals surface area contributed by atoms with Gasteiger partial charge < -0.3 is 10.6 Å². The number of nitrogens with two attached hydrogens (primary N) is 1. The van der Waals surface area contributed by atoms with Gasteiger partial charge >= 0.3 is 0 Å². The molecule has 1 heterocycles. The number of benzene rings is 1. The fourth-order valence-corrected chi connectivity index (χ4v) is 3.11. The van der Waals surface area contributed by atoms with Gasteiger partial charge in [0.2, 0.25) is 0 Å². The zero-order valence-electron chi connectivity index (χ0n) is 11.4. The Morgan fingerprint density at radius 1 is 1.32 bits per heavy atom. The second-order valence-corrected chi connectivity index (χ2v) is 6.43. The number of piperidine rings is 1. The Hall–Kier alpha value is -0.280. The summed E-state index contributed by atoms with van der Waals surface area (Å²) in [7, 11) is 0. The summed E-state index contributed by atoms with van der Waals surface area (Å²) in [6.45, 7) is 5.77. The number of halogens is 2. The highest BCUT2D eigenvalue weighted by atomic mass is 35.5. The normalized spacial score (nSPS) is 19.6. The molecule has 1 atom stereocenters. The predicted molar refractivity (Wildman–Crippen MR) is 82.8 cm³/mol. The van der Waals surface area contributed by atoms with Crippen LogP contribution in [0.1, 0.15) is 37.8 Å². The quantitative estimate of drug-likeness (QED) is 0.906. The van der Waals surface area contributed by atoms with Crippen LogP contribution < -0.4 is 5.73 Å². The van der Waals surface area contributed by atoms with E-state index in [-0.39, 0.29) is 6.04 Å². The summed E-state index contributed by atoms with van der Waals surface area (Å²) in [6, 6.07) is 5.55. The summed E-state index contributed by atoms with van der Waals surface area (Å²) >= 11 is 12.1. The van der Waals surface area contributed by atoms with E-state index in [4.69, 9.17) is 28.9 Å². The van der Waals surface area contributed by atoms with Crippen molar-refractivity contribution in [3.8, 4) is 0 Å². The molecule has 106 valence electrons. The lowest BCUT2D eigenvalue weighted by Gasteiger charge is -2.31. The minimum atomic E-state index is -0.0101. The van der Waals surface area contributed by atoms with Crippen molar-refractivity contribution < 1.29 is 0 Å². The van der Waals surface area contributed by atoms with Crippen molar-refractivity contribution in [3.63, 3.8) is 0 Å². The van der Waals surface area contributed by atoms with E-state index >= 15 is 0 Å². The molecule has 0 aliphatic carbocycles. The molecule has 1 unspecified atom stereocenters. The molecule has 1 aromatic rings. The van der Waals surface area contributed by atoms with Crippen LogP contribution in [0.15, 0.2) is 18.2 Å². The lowest BCUT2D eigenvalue weighted by Crippen LogP contribution is -2.34. The molecule has 0 radical (unpaired) electrons. The van der Waals surface area contributed by atoms with E-state index in [1.165, 1.54) is 25.9 Å². The van der Waals surface area contributed by atoms with Crippen molar-refractivity contribution in [3.05, 3.63) is 33.8 Å². The molecule has 1 aliphatic heterocycles. The first-order chi connectivity index (χ1) is 9.06. The van der Waals surface area contributed by atoms with E-state index in [2.05, 4.69) is 11.8 Å². The van der Waals surface area contributed by atoms with Gasteiger partial charge in [-0.3, -0.25) is 0 Å². The van der Waals surface area contributed by atoms with Gasteiger partial charge in [0.25, 0.3) is 0 Å². The van der Waals surface area contributed by atoms with Crippen molar-refractivity contribution >= 4 is 23.2 Å². The molecule has 1 saturated heterocycles. The van der Waals surface area contributed by atoms with E-state index in [1.807, 2.05) is 12.1 Å². The standard InChI is InChI=1S/C15H22Cl2N2/c1-11-4-7-19(8-5-11)9-6-15(18)13-3-2-12(16)10-14(13)17/h2-3,10-11,15H,4-9,18H2,1H3. The Labute approximate surface area is 125 Å². The summed E-state index contributed by atoms with van der Waals surface area (Å²) in [5.74, 6) is 0.871. The van der Waals surface area contributed by atoms with Gasteiger partial charge in [0.1, 0.15) is 0 Å². The lowest BCUT2D eigenvalue weighted by atomic mass is 9.98. The summed E-state index contributed by atoms with van der Waals surface area (Å²) < 4.78 is 0. The van der Waals surface area contributed by atoms with E-state index in [9.17, 15) is 0 Å². The SMILES string of the molecule is CC1CCN(CCC(N)c2ccc(Cl)cc2Cl)CC1. The van der Waals surface area contributed by atoms with E-state index < -0.39 is 0 Å². The fraction of sp³-hybridized carbons (Fsp3) is 0.600. The first kappa shape index (κ1) is 15.1. The summed E-state index contributed by atoms with van der Waals surface area (Å²) in [4.78, 5) is 2.50. The van der Waals surface area contributed by atoms with Crippen molar-refractivity contribution in [1.29, 1.82) is 0 Å². The predicted octanol–water partition coefficient (Wildman–Crippen LogP) is 4.12. The first-order valence-corrected chi connectivity index (χ1v) is 7.74. The van der Waals surface area contributed by atoms with Crippen LogP contribution in [0.5, 0.6) is 0 Å². The number of hydrogen-bond donors (Lipinski definition) is 1. The Bertz CT molecular complexity index is 415. The minimum Gasteiger partial charge on any atom is -0.324 e. The Morgan fingerprint density at radius 2 is 2.00 bits per heavy atom. The third-order valence-corrected chi connectivity index (χ3v) is 4.56. The molecule has 1 aliphatic rings. The van der Waals surface area contributed by atoms with Gasteiger partial charge in [-0.05, 0) is 62.5 Å². The monoisotopic (exact) mass is 300 g/mol. The van der Waals surface area contributed by atoms with Crippen molar-refractivity contribution in [2.75, 3.05) is 19.6 Å². The molecule has 0 spiro atoms. The fourth-order valence-electron chi connectivity index (χ4n) is 2.57. The van der Waals surface area contributed by atoms with Crippen LogP contribution in [-0.4, -0.2) is 24.5 Å². The Balaban J connectivity index is 1.85. The zero-order valence-corrected chi connectivity index (χ0v) is 12.9. The minimum absolute atomic E-state index is 0.0101. The van der Waals surface area contributed by atoms with E-state index in [0.717, 1.165) is 24.4 Å². The molecule has 4 heteroatoms. The van der Waals surface area contributed by atoms with Gasteiger partial charge in [0.15, 0.2) is 0 Å². The second kappa shape index (κ2) is 6.94. The van der Waals surface area contributed by atoms with Crippen molar-refractivity contribution in [2.45, 2.75) is 32.2 Å². The maximum atomic E-state index is 6.24. The number of hydrogen-bond acceptors (Lipinski definition) is 2. The number of nitrogens with zero attached hydrogens (tertiary/aromatic N) is 1. The highest BCUT2D eigenvalue weighted by Gasteiger charge is 2.17. The molecule has 2 nitrogen and oxygen atoms in total.